The van der Waals surface area contributed by atoms with Crippen LogP contribution in [0.2, 0.25) is 10.0 Å². The molecule has 0 saturated carbocycles. The fourth-order valence-corrected chi connectivity index (χ4v) is 4.56. The first-order chi connectivity index (χ1) is 11.3. The third-order valence-corrected chi connectivity index (χ3v) is 6.10. The van der Waals surface area contributed by atoms with Gasteiger partial charge in [-0.15, -0.1) is 0 Å². The van der Waals surface area contributed by atoms with E-state index in [-0.39, 0.29) is 9.92 Å². The lowest BCUT2D eigenvalue weighted by Gasteiger charge is -2.12. The van der Waals surface area contributed by atoms with Gasteiger partial charge in [-0.25, -0.2) is 17.4 Å². The Bertz CT molecular complexity index is 1010. The molecule has 0 saturated heterocycles. The molecule has 4 nitrogen and oxygen atoms in total. The number of rotatable bonds is 3. The highest BCUT2D eigenvalue weighted by Gasteiger charge is 2.25. The average molecular weight is 381 g/mol. The number of hydrogen-bond donors (Lipinski definition) is 0. The second-order valence-electron chi connectivity index (χ2n) is 5.40. The van der Waals surface area contributed by atoms with Crippen LogP contribution in [0.25, 0.3) is 11.4 Å². The van der Waals surface area contributed by atoms with Gasteiger partial charge < -0.3 is 0 Å². The lowest BCUT2D eigenvalue weighted by molar-refractivity contribution is 0.587. The topological polar surface area (TPSA) is 52.0 Å². The Labute approximate surface area is 150 Å². The van der Waals surface area contributed by atoms with Crippen molar-refractivity contribution in [2.24, 2.45) is 0 Å². The highest BCUT2D eigenvalue weighted by atomic mass is 35.5. The van der Waals surface area contributed by atoms with Crippen LogP contribution < -0.4 is 0 Å². The van der Waals surface area contributed by atoms with Gasteiger partial charge in [0.2, 0.25) is 0 Å². The number of hydrogen-bond acceptors (Lipinski definition) is 3. The molecule has 0 aliphatic heterocycles. The zero-order chi connectivity index (χ0) is 17.5. The van der Waals surface area contributed by atoms with Gasteiger partial charge in [0.15, 0.2) is 5.82 Å². The molecule has 2 aromatic carbocycles. The maximum absolute atomic E-state index is 13.1. The molecule has 3 rings (SSSR count). The summed E-state index contributed by atoms with van der Waals surface area (Å²) in [5.74, 6) is 0.344. The van der Waals surface area contributed by atoms with E-state index in [1.54, 1.807) is 13.8 Å². The SMILES string of the molecule is Cc1cn(S(=O)(=O)c2cc(C)c(Cl)cc2Cl)c(-c2ccccc2)n1. The summed E-state index contributed by atoms with van der Waals surface area (Å²) in [4.78, 5) is 4.36. The molecule has 124 valence electrons. The number of aromatic nitrogens is 2. The molecule has 0 N–H and O–H groups in total. The summed E-state index contributed by atoms with van der Waals surface area (Å²) in [5.41, 5.74) is 1.94. The lowest BCUT2D eigenvalue weighted by atomic mass is 10.2. The third-order valence-electron chi connectivity index (χ3n) is 3.58. The van der Waals surface area contributed by atoms with Gasteiger partial charge in [-0.3, -0.25) is 0 Å². The van der Waals surface area contributed by atoms with Crippen molar-refractivity contribution in [3.8, 4) is 11.4 Å². The third kappa shape index (κ3) is 2.95. The fraction of sp³-hybridized carbons (Fsp3) is 0.118. The molecule has 24 heavy (non-hydrogen) atoms. The molecule has 0 spiro atoms. The molecule has 0 unspecified atom stereocenters. The van der Waals surface area contributed by atoms with Crippen molar-refractivity contribution in [1.29, 1.82) is 0 Å². The Morgan fingerprint density at radius 2 is 1.67 bits per heavy atom. The fourth-order valence-electron chi connectivity index (χ4n) is 2.37. The van der Waals surface area contributed by atoms with Gasteiger partial charge >= 0.3 is 0 Å². The van der Waals surface area contributed by atoms with Gasteiger partial charge in [0, 0.05) is 16.8 Å². The van der Waals surface area contributed by atoms with Crippen LogP contribution in [0.1, 0.15) is 11.3 Å². The van der Waals surface area contributed by atoms with Crippen molar-refractivity contribution in [2.75, 3.05) is 0 Å². The highest BCUT2D eigenvalue weighted by molar-refractivity contribution is 7.90. The van der Waals surface area contributed by atoms with Gasteiger partial charge in [-0.05, 0) is 31.5 Å². The van der Waals surface area contributed by atoms with Crippen LogP contribution in [-0.2, 0) is 10.0 Å². The summed E-state index contributed by atoms with van der Waals surface area (Å²) >= 11 is 12.2. The minimum absolute atomic E-state index is 0.000600. The van der Waals surface area contributed by atoms with Crippen LogP contribution in [0.15, 0.2) is 53.6 Å². The molecule has 0 atom stereocenters. The van der Waals surface area contributed by atoms with E-state index in [1.165, 1.54) is 18.3 Å². The molecule has 0 amide bonds. The quantitative estimate of drug-likeness (QED) is 0.660. The van der Waals surface area contributed by atoms with E-state index in [2.05, 4.69) is 4.98 Å². The van der Waals surface area contributed by atoms with E-state index in [0.29, 0.717) is 27.7 Å². The molecule has 0 fully saturated rings. The summed E-state index contributed by atoms with van der Waals surface area (Å²) in [6, 6.07) is 12.1. The molecular formula is C17H14Cl2N2O2S. The first-order valence-corrected chi connectivity index (χ1v) is 9.33. The highest BCUT2D eigenvalue weighted by Crippen LogP contribution is 2.31. The first kappa shape index (κ1) is 17.0. The first-order valence-electron chi connectivity index (χ1n) is 7.13. The summed E-state index contributed by atoms with van der Waals surface area (Å²) in [6.07, 6.45) is 1.48. The van der Waals surface area contributed by atoms with E-state index < -0.39 is 10.0 Å². The molecule has 1 aromatic heterocycles. The van der Waals surface area contributed by atoms with Crippen LogP contribution in [0.3, 0.4) is 0 Å². The Morgan fingerprint density at radius 3 is 2.33 bits per heavy atom. The molecule has 1 heterocycles. The van der Waals surface area contributed by atoms with Crippen LogP contribution in [0.4, 0.5) is 0 Å². The standard InChI is InChI=1S/C17H14Cl2N2O2S/c1-11-8-16(15(19)9-14(11)18)24(22,23)21-10-12(2)20-17(21)13-6-4-3-5-7-13/h3-10H,1-2H3. The summed E-state index contributed by atoms with van der Waals surface area (Å²) in [5, 5.41) is 0.500. The number of imidazole rings is 1. The molecule has 0 aliphatic carbocycles. The number of benzene rings is 2. The van der Waals surface area contributed by atoms with Crippen LogP contribution >= 0.6 is 23.2 Å². The average Bonchev–Trinajstić information content (AvgIpc) is 2.94. The molecule has 0 radical (unpaired) electrons. The summed E-state index contributed by atoms with van der Waals surface area (Å²) < 4.78 is 27.4. The van der Waals surface area contributed by atoms with E-state index in [4.69, 9.17) is 23.2 Å². The van der Waals surface area contributed by atoms with Gasteiger partial charge in [0.1, 0.15) is 4.90 Å². The van der Waals surface area contributed by atoms with Crippen molar-refractivity contribution < 1.29 is 8.42 Å². The second kappa shape index (κ2) is 6.24. The van der Waals surface area contributed by atoms with Crippen molar-refractivity contribution in [2.45, 2.75) is 18.7 Å². The number of aryl methyl sites for hydroxylation is 2. The zero-order valence-corrected chi connectivity index (χ0v) is 15.3. The van der Waals surface area contributed by atoms with Crippen LogP contribution in [-0.4, -0.2) is 17.4 Å². The second-order valence-corrected chi connectivity index (χ2v) is 8.00. The number of halogens is 2. The molecule has 0 bridgehead atoms. The van der Waals surface area contributed by atoms with Crippen LogP contribution in [0, 0.1) is 13.8 Å². The minimum atomic E-state index is -3.90. The van der Waals surface area contributed by atoms with Crippen molar-refractivity contribution in [1.82, 2.24) is 8.96 Å². The molecular weight excluding hydrogens is 367 g/mol. The Kier molecular flexibility index (Phi) is 4.42. The monoisotopic (exact) mass is 380 g/mol. The van der Waals surface area contributed by atoms with Crippen LogP contribution in [0.5, 0.6) is 0 Å². The zero-order valence-electron chi connectivity index (χ0n) is 13.0. The summed E-state index contributed by atoms with van der Waals surface area (Å²) in [6.45, 7) is 3.47. The van der Waals surface area contributed by atoms with Gasteiger partial charge in [0.25, 0.3) is 10.0 Å². The maximum atomic E-state index is 13.1. The smallest absolute Gasteiger partial charge is 0.233 e. The maximum Gasteiger partial charge on any atom is 0.270 e. The normalized spacial score (nSPS) is 11.7. The minimum Gasteiger partial charge on any atom is -0.233 e. The molecule has 7 heteroatoms. The van der Waals surface area contributed by atoms with Gasteiger partial charge in [-0.2, -0.15) is 0 Å². The summed E-state index contributed by atoms with van der Waals surface area (Å²) in [7, 11) is -3.90. The predicted molar refractivity (Wildman–Crippen MR) is 96.2 cm³/mol. The molecule has 3 aromatic rings. The number of nitrogens with zero attached hydrogens (tertiary/aromatic N) is 2. The lowest BCUT2D eigenvalue weighted by Crippen LogP contribution is -2.14. The van der Waals surface area contributed by atoms with Crippen molar-refractivity contribution >= 4 is 33.2 Å². The Morgan fingerprint density at radius 1 is 1.00 bits per heavy atom. The van der Waals surface area contributed by atoms with Gasteiger partial charge in [0.05, 0.1) is 10.7 Å². The molecule has 0 aliphatic rings. The van der Waals surface area contributed by atoms with E-state index >= 15 is 0 Å². The van der Waals surface area contributed by atoms with Gasteiger partial charge in [-0.1, -0.05) is 53.5 Å². The van der Waals surface area contributed by atoms with E-state index in [0.717, 1.165) is 3.97 Å². The largest absolute Gasteiger partial charge is 0.270 e. The van der Waals surface area contributed by atoms with Crippen molar-refractivity contribution in [3.63, 3.8) is 0 Å². The van der Waals surface area contributed by atoms with Crippen molar-refractivity contribution in [3.05, 3.63) is 70.0 Å². The Hall–Kier alpha value is -1.82. The van der Waals surface area contributed by atoms with E-state index in [1.807, 2.05) is 30.3 Å². The Balaban J connectivity index is 2.25. The van der Waals surface area contributed by atoms with E-state index in [9.17, 15) is 8.42 Å². The predicted octanol–water partition coefficient (Wildman–Crippen LogP) is 4.71.